The van der Waals surface area contributed by atoms with E-state index in [0.29, 0.717) is 36.2 Å². The van der Waals surface area contributed by atoms with Crippen molar-refractivity contribution in [1.82, 2.24) is 9.62 Å². The van der Waals surface area contributed by atoms with E-state index in [4.69, 9.17) is 0 Å². The molecule has 2 saturated heterocycles. The predicted octanol–water partition coefficient (Wildman–Crippen LogP) is 4.41. The van der Waals surface area contributed by atoms with E-state index in [1.807, 2.05) is 0 Å². The highest BCUT2D eigenvalue weighted by Gasteiger charge is 2.32. The molecular formula is C26H34FN3O3S. The molecule has 4 rings (SSSR count). The maximum Gasteiger partial charge on any atom is 0.251 e. The van der Waals surface area contributed by atoms with Gasteiger partial charge in [-0.25, -0.2) is 12.8 Å². The van der Waals surface area contributed by atoms with Crippen LogP contribution in [0.25, 0.3) is 0 Å². The van der Waals surface area contributed by atoms with Crippen LogP contribution >= 0.6 is 0 Å². The van der Waals surface area contributed by atoms with Crippen molar-refractivity contribution >= 4 is 21.6 Å². The van der Waals surface area contributed by atoms with Gasteiger partial charge in [-0.15, -0.1) is 0 Å². The van der Waals surface area contributed by atoms with Crippen LogP contribution in [-0.2, 0) is 16.6 Å². The molecular weight excluding hydrogens is 453 g/mol. The van der Waals surface area contributed by atoms with E-state index >= 15 is 0 Å². The number of anilines is 1. The lowest BCUT2D eigenvalue weighted by Crippen LogP contribution is -2.40. The van der Waals surface area contributed by atoms with Crippen molar-refractivity contribution in [3.05, 3.63) is 59.4 Å². The second kappa shape index (κ2) is 10.4. The molecule has 1 N–H and O–H groups in total. The van der Waals surface area contributed by atoms with Gasteiger partial charge in [-0.2, -0.15) is 4.31 Å². The maximum absolute atomic E-state index is 13.9. The molecule has 0 spiro atoms. The van der Waals surface area contributed by atoms with E-state index in [9.17, 15) is 17.6 Å². The molecule has 34 heavy (non-hydrogen) atoms. The molecule has 2 fully saturated rings. The first-order valence-corrected chi connectivity index (χ1v) is 13.6. The number of carbonyl (C=O) groups excluding carboxylic acids is 1. The number of hydrogen-bond donors (Lipinski definition) is 1. The summed E-state index contributed by atoms with van der Waals surface area (Å²) in [7, 11) is -3.76. The third-order valence-corrected chi connectivity index (χ3v) is 9.03. The summed E-state index contributed by atoms with van der Waals surface area (Å²) in [4.78, 5) is 15.2. The molecule has 0 bridgehead atoms. The monoisotopic (exact) mass is 487 g/mol. The van der Waals surface area contributed by atoms with Crippen molar-refractivity contribution in [2.24, 2.45) is 11.8 Å². The number of nitrogens with one attached hydrogen (secondary N) is 1. The van der Waals surface area contributed by atoms with Gasteiger partial charge in [-0.05, 0) is 61.8 Å². The number of piperidine rings is 2. The van der Waals surface area contributed by atoms with Gasteiger partial charge in [0.2, 0.25) is 10.0 Å². The molecule has 0 aromatic heterocycles. The average Bonchev–Trinajstić information content (AvgIpc) is 2.84. The second-order valence-corrected chi connectivity index (χ2v) is 11.6. The fraction of sp³-hybridized carbons (Fsp3) is 0.500. The van der Waals surface area contributed by atoms with Crippen molar-refractivity contribution in [2.75, 3.05) is 31.1 Å². The molecule has 2 aromatic carbocycles. The van der Waals surface area contributed by atoms with E-state index in [2.05, 4.69) is 24.1 Å². The van der Waals surface area contributed by atoms with Gasteiger partial charge in [0.1, 0.15) is 10.7 Å². The van der Waals surface area contributed by atoms with Crippen molar-refractivity contribution in [1.29, 1.82) is 0 Å². The Morgan fingerprint density at radius 3 is 2.24 bits per heavy atom. The van der Waals surface area contributed by atoms with E-state index in [1.54, 1.807) is 34.6 Å². The van der Waals surface area contributed by atoms with E-state index in [0.717, 1.165) is 38.8 Å². The number of carbonyl (C=O) groups is 1. The van der Waals surface area contributed by atoms with Crippen LogP contribution in [0.4, 0.5) is 10.1 Å². The zero-order valence-electron chi connectivity index (χ0n) is 20.0. The van der Waals surface area contributed by atoms with Gasteiger partial charge in [-0.3, -0.25) is 4.79 Å². The van der Waals surface area contributed by atoms with Crippen LogP contribution in [-0.4, -0.2) is 44.8 Å². The Balaban J connectivity index is 1.63. The molecule has 184 valence electrons. The molecule has 6 nitrogen and oxygen atoms in total. The van der Waals surface area contributed by atoms with Crippen LogP contribution in [0.2, 0.25) is 0 Å². The first kappa shape index (κ1) is 24.7. The predicted molar refractivity (Wildman–Crippen MR) is 132 cm³/mol. The second-order valence-electron chi connectivity index (χ2n) is 9.71. The van der Waals surface area contributed by atoms with Gasteiger partial charge in [0.25, 0.3) is 5.91 Å². The summed E-state index contributed by atoms with van der Waals surface area (Å²) in [6.45, 7) is 6.95. The number of rotatable bonds is 6. The molecule has 8 heteroatoms. The molecule has 0 saturated carbocycles. The number of amides is 1. The minimum Gasteiger partial charge on any atom is -0.370 e. The Morgan fingerprint density at radius 2 is 1.59 bits per heavy atom. The van der Waals surface area contributed by atoms with Gasteiger partial charge >= 0.3 is 0 Å². The summed E-state index contributed by atoms with van der Waals surface area (Å²) >= 11 is 0. The normalized spacial score (nSPS) is 18.7. The van der Waals surface area contributed by atoms with Gasteiger partial charge in [-0.1, -0.05) is 32.0 Å². The Bertz CT molecular complexity index is 1120. The Morgan fingerprint density at radius 1 is 0.971 bits per heavy atom. The van der Waals surface area contributed by atoms with Crippen molar-refractivity contribution in [3.63, 3.8) is 0 Å². The third kappa shape index (κ3) is 5.44. The number of nitrogens with zero attached hydrogens (tertiary/aromatic N) is 2. The zero-order valence-corrected chi connectivity index (χ0v) is 20.8. The van der Waals surface area contributed by atoms with E-state index in [1.165, 1.54) is 12.1 Å². The lowest BCUT2D eigenvalue weighted by atomic mass is 9.98. The molecule has 2 aliphatic rings. The summed E-state index contributed by atoms with van der Waals surface area (Å²) in [5.41, 5.74) is 1.30. The fourth-order valence-corrected chi connectivity index (χ4v) is 6.36. The van der Waals surface area contributed by atoms with Crippen molar-refractivity contribution < 1.29 is 17.6 Å². The van der Waals surface area contributed by atoms with Gasteiger partial charge in [0.05, 0.1) is 5.69 Å². The van der Waals surface area contributed by atoms with Crippen molar-refractivity contribution in [2.45, 2.75) is 51.0 Å². The van der Waals surface area contributed by atoms with E-state index in [-0.39, 0.29) is 22.8 Å². The quantitative estimate of drug-likeness (QED) is 0.655. The molecule has 0 aliphatic carbocycles. The molecule has 2 aromatic rings. The van der Waals surface area contributed by atoms with Gasteiger partial charge in [0, 0.05) is 43.9 Å². The molecule has 0 atom stereocenters. The van der Waals surface area contributed by atoms with Crippen LogP contribution in [0.3, 0.4) is 0 Å². The maximum atomic E-state index is 13.9. The summed E-state index contributed by atoms with van der Waals surface area (Å²) < 4.78 is 43.0. The summed E-state index contributed by atoms with van der Waals surface area (Å²) in [5.74, 6) is 0.305. The zero-order chi connectivity index (χ0) is 24.3. The SMILES string of the molecule is CC1CCN(c2ccc(C(=O)NCc3ccccc3F)cc2S(=O)(=O)N2CCC(C)CC2)CC1. The fourth-order valence-electron chi connectivity index (χ4n) is 4.66. The lowest BCUT2D eigenvalue weighted by Gasteiger charge is -2.35. The summed E-state index contributed by atoms with van der Waals surface area (Å²) in [6.07, 6.45) is 3.68. The standard InChI is InChI=1S/C26H34FN3O3S/c1-19-9-13-29(14-10-19)24-8-7-21(26(31)28-18-22-5-3-4-6-23(22)27)17-25(24)34(32,33)30-15-11-20(2)12-16-30/h3-8,17,19-20H,9-16,18H2,1-2H3,(H,28,31). The van der Waals surface area contributed by atoms with E-state index < -0.39 is 15.9 Å². The number of sulfonamides is 1. The minimum absolute atomic E-state index is 0.0311. The number of hydrogen-bond acceptors (Lipinski definition) is 4. The molecule has 2 heterocycles. The first-order valence-electron chi connectivity index (χ1n) is 12.2. The molecule has 2 aliphatic heterocycles. The summed E-state index contributed by atoms with van der Waals surface area (Å²) in [6, 6.07) is 11.2. The first-order chi connectivity index (χ1) is 16.3. The summed E-state index contributed by atoms with van der Waals surface area (Å²) in [5, 5.41) is 2.72. The van der Waals surface area contributed by atoms with Crippen LogP contribution < -0.4 is 10.2 Å². The average molecular weight is 488 g/mol. The van der Waals surface area contributed by atoms with Crippen LogP contribution in [0.1, 0.15) is 55.5 Å². The number of benzene rings is 2. The van der Waals surface area contributed by atoms with Crippen LogP contribution in [0, 0.1) is 17.7 Å². The molecule has 1 amide bonds. The third-order valence-electron chi connectivity index (χ3n) is 7.10. The Hall–Kier alpha value is -2.45. The Labute approximate surface area is 202 Å². The van der Waals surface area contributed by atoms with Crippen molar-refractivity contribution in [3.8, 4) is 0 Å². The lowest BCUT2D eigenvalue weighted by molar-refractivity contribution is 0.0950. The highest BCUT2D eigenvalue weighted by atomic mass is 32.2. The molecule has 0 unspecified atom stereocenters. The highest BCUT2D eigenvalue weighted by Crippen LogP contribution is 2.33. The number of halogens is 1. The highest BCUT2D eigenvalue weighted by molar-refractivity contribution is 7.89. The molecule has 0 radical (unpaired) electrons. The van der Waals surface area contributed by atoms with Gasteiger partial charge < -0.3 is 10.2 Å². The smallest absolute Gasteiger partial charge is 0.251 e. The van der Waals surface area contributed by atoms with Crippen LogP contribution in [0.15, 0.2) is 47.4 Å². The van der Waals surface area contributed by atoms with Crippen LogP contribution in [0.5, 0.6) is 0 Å². The Kier molecular flexibility index (Phi) is 7.57. The topological polar surface area (TPSA) is 69.7 Å². The minimum atomic E-state index is -3.76. The largest absolute Gasteiger partial charge is 0.370 e. The van der Waals surface area contributed by atoms with Gasteiger partial charge in [0.15, 0.2) is 0 Å².